The van der Waals surface area contributed by atoms with Crippen LogP contribution in [0.3, 0.4) is 0 Å². The van der Waals surface area contributed by atoms with Gasteiger partial charge in [0.1, 0.15) is 0 Å². The van der Waals surface area contributed by atoms with Gasteiger partial charge in [0.05, 0.1) is 0 Å². The lowest BCUT2D eigenvalue weighted by atomic mass is 10.2. The summed E-state index contributed by atoms with van der Waals surface area (Å²) < 4.78 is 145. The Morgan fingerprint density at radius 2 is 0.500 bits per heavy atom. The molecule has 0 saturated heterocycles. The van der Waals surface area contributed by atoms with Crippen molar-refractivity contribution in [2.75, 3.05) is 5.12 Å². The predicted molar refractivity (Wildman–Crippen MR) is 55.7 cm³/mol. The second kappa shape index (κ2) is 5.83. The molecule has 0 bridgehead atoms. The smallest absolute Gasteiger partial charge is 0.200 e. The van der Waals surface area contributed by atoms with E-state index in [0.717, 1.165) is 0 Å². The van der Waals surface area contributed by atoms with E-state index < -0.39 is 74.7 Å². The third kappa shape index (κ3) is 2.32. The molecule has 1 nitrogen and oxygen atoms in total. The van der Waals surface area contributed by atoms with Crippen molar-refractivity contribution >= 4 is 11.4 Å². The van der Waals surface area contributed by atoms with Crippen LogP contribution >= 0.6 is 0 Å². The quantitative estimate of drug-likeness (QED) is 0.309. The highest BCUT2D eigenvalue weighted by Crippen LogP contribution is 2.39. The molecule has 0 radical (unpaired) electrons. The van der Waals surface area contributed by atoms with E-state index in [0.29, 0.717) is 0 Å². The average Bonchev–Trinajstić information content (AvgIpc) is 2.55. The van der Waals surface area contributed by atoms with Crippen molar-refractivity contribution in [1.82, 2.24) is 0 Å². The Bertz CT molecular complexity index is 720. The number of hydrogen-bond donors (Lipinski definition) is 0. The minimum atomic E-state index is -2.81. The van der Waals surface area contributed by atoms with E-state index in [1.54, 1.807) is 0 Å². The fourth-order valence-electron chi connectivity index (χ4n) is 1.64. The van der Waals surface area contributed by atoms with Gasteiger partial charge >= 0.3 is 0 Å². The SMILES string of the molecule is Fc1c(F)c(F)c(N(F)c2c(F)c(F)c(F)c(F)c2F)c(F)c1F. The molecule has 0 N–H and O–H groups in total. The molecule has 0 aliphatic rings. The molecular weight excluding hydrogens is 367 g/mol. The van der Waals surface area contributed by atoms with Crippen LogP contribution in [0.2, 0.25) is 0 Å². The topological polar surface area (TPSA) is 3.24 Å². The number of benzene rings is 2. The van der Waals surface area contributed by atoms with E-state index in [2.05, 4.69) is 0 Å². The van der Waals surface area contributed by atoms with Gasteiger partial charge in [0, 0.05) is 0 Å². The molecule has 0 spiro atoms. The first kappa shape index (κ1) is 17.8. The van der Waals surface area contributed by atoms with Gasteiger partial charge in [-0.1, -0.05) is 4.48 Å². The fraction of sp³-hybridized carbons (Fsp3) is 0. The van der Waals surface area contributed by atoms with Crippen LogP contribution in [0, 0.1) is 58.2 Å². The molecule has 2 aromatic rings. The molecule has 24 heavy (non-hydrogen) atoms. The van der Waals surface area contributed by atoms with Gasteiger partial charge in [-0.3, -0.25) is 0 Å². The molecule has 0 atom stereocenters. The van der Waals surface area contributed by atoms with Gasteiger partial charge < -0.3 is 0 Å². The lowest BCUT2D eigenvalue weighted by Gasteiger charge is -2.18. The van der Waals surface area contributed by atoms with Gasteiger partial charge in [-0.15, -0.1) is 0 Å². The molecule has 12 heteroatoms. The molecule has 0 amide bonds. The van der Waals surface area contributed by atoms with E-state index >= 15 is 0 Å². The van der Waals surface area contributed by atoms with Crippen molar-refractivity contribution in [3.63, 3.8) is 0 Å². The fourth-order valence-corrected chi connectivity index (χ4v) is 1.64. The zero-order valence-electron chi connectivity index (χ0n) is 10.6. The van der Waals surface area contributed by atoms with Crippen LogP contribution in [0.15, 0.2) is 0 Å². The molecule has 0 saturated carbocycles. The highest BCUT2D eigenvalue weighted by Gasteiger charge is 2.36. The summed E-state index contributed by atoms with van der Waals surface area (Å²) in [6.45, 7) is 0. The summed E-state index contributed by atoms with van der Waals surface area (Å²) in [6, 6.07) is 0. The molecule has 130 valence electrons. The second-order valence-electron chi connectivity index (χ2n) is 4.12. The summed E-state index contributed by atoms with van der Waals surface area (Å²) in [6.07, 6.45) is 0. The number of rotatable bonds is 2. The van der Waals surface area contributed by atoms with Crippen LogP contribution < -0.4 is 5.12 Å². The molecule has 0 aliphatic heterocycles. The van der Waals surface area contributed by atoms with E-state index in [1.807, 2.05) is 0 Å². The van der Waals surface area contributed by atoms with Crippen molar-refractivity contribution in [1.29, 1.82) is 0 Å². The maximum atomic E-state index is 13.9. The second-order valence-corrected chi connectivity index (χ2v) is 4.12. The molecule has 2 rings (SSSR count). The summed E-state index contributed by atoms with van der Waals surface area (Å²) in [7, 11) is 0. The van der Waals surface area contributed by atoms with Crippen LogP contribution in [0.1, 0.15) is 0 Å². The molecule has 0 aliphatic carbocycles. The first-order chi connectivity index (χ1) is 11.0. The Balaban J connectivity index is 2.84. The monoisotopic (exact) mass is 367 g/mol. The van der Waals surface area contributed by atoms with Gasteiger partial charge in [-0.2, -0.15) is 5.12 Å². The minimum Gasteiger partial charge on any atom is -0.201 e. The number of halogens is 11. The van der Waals surface area contributed by atoms with Gasteiger partial charge in [0.15, 0.2) is 57.9 Å². The molecule has 2 aromatic carbocycles. The Kier molecular flexibility index (Phi) is 4.33. The van der Waals surface area contributed by atoms with Gasteiger partial charge in [0.2, 0.25) is 11.6 Å². The summed E-state index contributed by atoms with van der Waals surface area (Å²) in [5, 5.41) is -1.87. The van der Waals surface area contributed by atoms with Crippen LogP contribution in [0.5, 0.6) is 0 Å². The summed E-state index contributed by atoms with van der Waals surface area (Å²) in [4.78, 5) is 0. The van der Waals surface area contributed by atoms with E-state index in [9.17, 15) is 48.4 Å². The highest BCUT2D eigenvalue weighted by atomic mass is 19.2. The lowest BCUT2D eigenvalue weighted by Crippen LogP contribution is -2.18. The van der Waals surface area contributed by atoms with E-state index in [-0.39, 0.29) is 0 Å². The van der Waals surface area contributed by atoms with Gasteiger partial charge in [-0.05, 0) is 0 Å². The molecular formula is C12F11N. The van der Waals surface area contributed by atoms with Crippen LogP contribution in [0.25, 0.3) is 0 Å². The maximum absolute atomic E-state index is 13.9. The summed E-state index contributed by atoms with van der Waals surface area (Å²) >= 11 is 0. The maximum Gasteiger partial charge on any atom is 0.200 e. The first-order valence-corrected chi connectivity index (χ1v) is 5.51. The minimum absolute atomic E-state index is 1.87. The van der Waals surface area contributed by atoms with Crippen molar-refractivity contribution in [2.24, 2.45) is 0 Å². The van der Waals surface area contributed by atoms with Crippen molar-refractivity contribution in [2.45, 2.75) is 0 Å². The molecule has 0 aromatic heterocycles. The zero-order valence-corrected chi connectivity index (χ0v) is 10.6. The van der Waals surface area contributed by atoms with E-state index in [4.69, 9.17) is 0 Å². The van der Waals surface area contributed by atoms with Crippen LogP contribution in [0.4, 0.5) is 59.8 Å². The van der Waals surface area contributed by atoms with Crippen molar-refractivity contribution in [3.8, 4) is 0 Å². The van der Waals surface area contributed by atoms with Gasteiger partial charge in [0.25, 0.3) is 0 Å². The zero-order chi connectivity index (χ0) is 18.5. The Morgan fingerprint density at radius 3 is 0.708 bits per heavy atom. The summed E-state index contributed by atoms with van der Waals surface area (Å²) in [5.41, 5.74) is -5.12. The van der Waals surface area contributed by atoms with Crippen molar-refractivity contribution < 1.29 is 48.4 Å². The number of nitrogens with zero attached hydrogens (tertiary/aromatic N) is 1. The number of anilines is 2. The number of hydrogen-bond acceptors (Lipinski definition) is 1. The summed E-state index contributed by atoms with van der Waals surface area (Å²) in [5.74, 6) is -27.8. The first-order valence-electron chi connectivity index (χ1n) is 5.51. The Hall–Kier alpha value is -2.53. The Morgan fingerprint density at radius 1 is 0.333 bits per heavy atom. The molecule has 0 heterocycles. The highest BCUT2D eigenvalue weighted by molar-refractivity contribution is 5.63. The van der Waals surface area contributed by atoms with Crippen LogP contribution in [-0.2, 0) is 0 Å². The largest absolute Gasteiger partial charge is 0.201 e. The third-order valence-electron chi connectivity index (χ3n) is 2.77. The Labute approximate surface area is 124 Å². The normalized spacial score (nSPS) is 11.1. The molecule has 0 unspecified atom stereocenters. The third-order valence-corrected chi connectivity index (χ3v) is 2.77. The molecule has 0 fully saturated rings. The van der Waals surface area contributed by atoms with Gasteiger partial charge in [-0.25, -0.2) is 43.9 Å². The predicted octanol–water partition coefficient (Wildman–Crippen LogP) is 5.10. The van der Waals surface area contributed by atoms with Crippen molar-refractivity contribution in [3.05, 3.63) is 58.2 Å². The lowest BCUT2D eigenvalue weighted by molar-refractivity contribution is 0.353. The standard InChI is InChI=1S/C12F11N/c13-1-3(15)7(19)11(8(20)4(1)16)24(23)12-9(21)5(17)2(14)6(18)10(12)22. The average molecular weight is 367 g/mol. The van der Waals surface area contributed by atoms with E-state index in [1.165, 1.54) is 0 Å². The van der Waals surface area contributed by atoms with Crippen LogP contribution in [-0.4, -0.2) is 0 Å².